The molecule has 2 aromatic heterocycles. The van der Waals surface area contributed by atoms with Crippen LogP contribution in [0.3, 0.4) is 0 Å². The molecule has 2 heterocycles. The summed E-state index contributed by atoms with van der Waals surface area (Å²) in [5, 5.41) is 0.844. The number of nitrogens with two attached hydrogens (primary N) is 1. The second-order valence-corrected chi connectivity index (χ2v) is 6.36. The van der Waals surface area contributed by atoms with E-state index >= 15 is 0 Å². The van der Waals surface area contributed by atoms with Crippen molar-refractivity contribution in [1.29, 1.82) is 0 Å². The van der Waals surface area contributed by atoms with Crippen molar-refractivity contribution in [1.82, 2.24) is 4.98 Å². The van der Waals surface area contributed by atoms with Crippen LogP contribution in [-0.2, 0) is 0 Å². The third-order valence-corrected chi connectivity index (χ3v) is 4.77. The lowest BCUT2D eigenvalue weighted by Crippen LogP contribution is -2.09. The van der Waals surface area contributed by atoms with Crippen molar-refractivity contribution in [3.63, 3.8) is 0 Å². The fourth-order valence-electron chi connectivity index (χ4n) is 1.16. The molecule has 2 aromatic rings. The summed E-state index contributed by atoms with van der Waals surface area (Å²) in [5.41, 5.74) is 5.94. The van der Waals surface area contributed by atoms with Crippen LogP contribution >= 0.6 is 38.6 Å². The number of amides is 1. The number of aryl methyl sites for hydroxylation is 1. The number of hydrogen-bond acceptors (Lipinski definition) is 4. The van der Waals surface area contributed by atoms with Crippen LogP contribution in [-0.4, -0.2) is 10.9 Å². The van der Waals surface area contributed by atoms with Crippen LogP contribution in [0.4, 0.5) is 0 Å². The summed E-state index contributed by atoms with van der Waals surface area (Å²) >= 11 is 6.31. The van der Waals surface area contributed by atoms with Gasteiger partial charge in [0, 0.05) is 0 Å². The lowest BCUT2D eigenvalue weighted by molar-refractivity contribution is 0.100. The van der Waals surface area contributed by atoms with Crippen LogP contribution in [0.15, 0.2) is 15.9 Å². The number of nitrogens with zero attached hydrogens (tertiary/aromatic N) is 1. The molecule has 0 aliphatic carbocycles. The fraction of sp³-hybridized carbons (Fsp3) is 0.111. The average Bonchev–Trinajstić information content (AvgIpc) is 2.71. The highest BCUT2D eigenvalue weighted by Gasteiger charge is 2.14. The van der Waals surface area contributed by atoms with Gasteiger partial charge in [0.05, 0.1) is 14.4 Å². The molecule has 0 aromatic carbocycles. The van der Waals surface area contributed by atoms with Gasteiger partial charge in [-0.2, -0.15) is 0 Å². The first kappa shape index (κ1) is 10.8. The maximum Gasteiger partial charge on any atom is 0.260 e. The Morgan fingerprint density at radius 2 is 2.20 bits per heavy atom. The van der Waals surface area contributed by atoms with E-state index in [9.17, 15) is 4.79 Å². The number of hydrogen-bond donors (Lipinski definition) is 1. The van der Waals surface area contributed by atoms with Gasteiger partial charge in [-0.05, 0) is 35.0 Å². The Kier molecular flexibility index (Phi) is 2.90. The molecular formula is C9H7BrN2OS2. The monoisotopic (exact) mass is 302 g/mol. The van der Waals surface area contributed by atoms with Crippen molar-refractivity contribution in [2.45, 2.75) is 6.92 Å². The van der Waals surface area contributed by atoms with Crippen LogP contribution in [0.5, 0.6) is 0 Å². The molecule has 15 heavy (non-hydrogen) atoms. The van der Waals surface area contributed by atoms with E-state index in [0.29, 0.717) is 10.6 Å². The minimum atomic E-state index is -0.410. The summed E-state index contributed by atoms with van der Waals surface area (Å²) in [6.45, 7) is 1.79. The molecule has 0 bridgehead atoms. The number of halogens is 1. The van der Waals surface area contributed by atoms with Gasteiger partial charge in [-0.3, -0.25) is 4.79 Å². The quantitative estimate of drug-likeness (QED) is 0.927. The number of carbonyl (C=O) groups is 1. The number of primary amides is 1. The molecule has 0 unspecified atom stereocenters. The van der Waals surface area contributed by atoms with Crippen LogP contribution in [0.2, 0.25) is 0 Å². The normalized spacial score (nSPS) is 10.5. The van der Waals surface area contributed by atoms with Gasteiger partial charge in [0.2, 0.25) is 0 Å². The topological polar surface area (TPSA) is 56.0 Å². The van der Waals surface area contributed by atoms with Gasteiger partial charge < -0.3 is 5.73 Å². The van der Waals surface area contributed by atoms with Gasteiger partial charge in [0.15, 0.2) is 0 Å². The molecule has 0 radical (unpaired) electrons. The summed E-state index contributed by atoms with van der Waals surface area (Å²) in [6, 6.07) is 3.93. The average molecular weight is 303 g/mol. The van der Waals surface area contributed by atoms with E-state index in [-0.39, 0.29) is 0 Å². The second kappa shape index (κ2) is 4.03. The Morgan fingerprint density at radius 1 is 1.47 bits per heavy atom. The van der Waals surface area contributed by atoms with E-state index in [4.69, 9.17) is 5.73 Å². The van der Waals surface area contributed by atoms with E-state index in [1.165, 1.54) is 11.3 Å². The molecule has 2 rings (SSSR count). The van der Waals surface area contributed by atoms with Gasteiger partial charge in [0.1, 0.15) is 9.88 Å². The largest absolute Gasteiger partial charge is 0.365 e. The number of thiophene rings is 1. The lowest BCUT2D eigenvalue weighted by Gasteiger charge is -1.86. The van der Waals surface area contributed by atoms with Gasteiger partial charge in [-0.15, -0.1) is 22.7 Å². The Balaban J connectivity index is 2.46. The molecule has 78 valence electrons. The molecule has 0 aliphatic rings. The van der Waals surface area contributed by atoms with Crippen molar-refractivity contribution in [3.05, 3.63) is 26.5 Å². The zero-order valence-corrected chi connectivity index (χ0v) is 11.0. The van der Waals surface area contributed by atoms with Crippen molar-refractivity contribution in [2.75, 3.05) is 0 Å². The molecule has 0 fully saturated rings. The SMILES string of the molecule is Cc1nc(-c2ccc(Br)s2)sc1C(N)=O. The van der Waals surface area contributed by atoms with E-state index in [0.717, 1.165) is 13.7 Å². The van der Waals surface area contributed by atoms with Gasteiger partial charge in [0.25, 0.3) is 5.91 Å². The minimum absolute atomic E-state index is 0.410. The zero-order valence-electron chi connectivity index (χ0n) is 7.78. The highest BCUT2D eigenvalue weighted by Crippen LogP contribution is 2.34. The Labute approximate surface area is 103 Å². The van der Waals surface area contributed by atoms with Crippen molar-refractivity contribution in [2.24, 2.45) is 5.73 Å². The minimum Gasteiger partial charge on any atom is -0.365 e. The Bertz CT molecular complexity index is 518. The highest BCUT2D eigenvalue weighted by atomic mass is 79.9. The molecule has 0 saturated carbocycles. The molecule has 1 amide bonds. The van der Waals surface area contributed by atoms with Gasteiger partial charge in [-0.25, -0.2) is 4.98 Å². The van der Waals surface area contributed by atoms with E-state index in [1.807, 2.05) is 12.1 Å². The smallest absolute Gasteiger partial charge is 0.260 e. The number of aromatic nitrogens is 1. The molecule has 0 saturated heterocycles. The molecule has 6 heteroatoms. The molecular weight excluding hydrogens is 296 g/mol. The van der Waals surface area contributed by atoms with Gasteiger partial charge >= 0.3 is 0 Å². The molecule has 0 aliphatic heterocycles. The van der Waals surface area contributed by atoms with Crippen molar-refractivity contribution in [3.8, 4) is 9.88 Å². The summed E-state index contributed by atoms with van der Waals surface area (Å²) < 4.78 is 1.05. The summed E-state index contributed by atoms with van der Waals surface area (Å²) in [4.78, 5) is 17.0. The highest BCUT2D eigenvalue weighted by molar-refractivity contribution is 9.11. The maximum absolute atomic E-state index is 11.1. The number of carbonyl (C=O) groups excluding carboxylic acids is 1. The summed E-state index contributed by atoms with van der Waals surface area (Å²) in [5.74, 6) is -0.410. The zero-order chi connectivity index (χ0) is 11.0. The van der Waals surface area contributed by atoms with Crippen LogP contribution < -0.4 is 5.73 Å². The molecule has 2 N–H and O–H groups in total. The number of rotatable bonds is 2. The third kappa shape index (κ3) is 2.11. The van der Waals surface area contributed by atoms with E-state index in [1.54, 1.807) is 18.3 Å². The first-order valence-corrected chi connectivity index (χ1v) is 6.53. The van der Waals surface area contributed by atoms with Crippen LogP contribution in [0.25, 0.3) is 9.88 Å². The van der Waals surface area contributed by atoms with Crippen LogP contribution in [0.1, 0.15) is 15.4 Å². The maximum atomic E-state index is 11.1. The standard InChI is InChI=1S/C9H7BrN2OS2/c1-4-7(8(11)13)15-9(12-4)5-2-3-6(10)14-5/h2-3H,1H3,(H2,11,13). The van der Waals surface area contributed by atoms with Crippen molar-refractivity contribution < 1.29 is 4.79 Å². The van der Waals surface area contributed by atoms with E-state index in [2.05, 4.69) is 20.9 Å². The molecule has 3 nitrogen and oxygen atoms in total. The first-order valence-electron chi connectivity index (χ1n) is 4.11. The first-order chi connectivity index (χ1) is 7.08. The van der Waals surface area contributed by atoms with Crippen LogP contribution in [0, 0.1) is 6.92 Å². The third-order valence-electron chi connectivity index (χ3n) is 1.80. The van der Waals surface area contributed by atoms with Crippen molar-refractivity contribution >= 4 is 44.5 Å². The second-order valence-electron chi connectivity index (χ2n) is 2.90. The number of thiazole rings is 1. The Morgan fingerprint density at radius 3 is 2.67 bits per heavy atom. The molecule has 0 spiro atoms. The summed E-state index contributed by atoms with van der Waals surface area (Å²) in [7, 11) is 0. The lowest BCUT2D eigenvalue weighted by atomic mass is 10.4. The Hall–Kier alpha value is -0.720. The summed E-state index contributed by atoms with van der Waals surface area (Å²) in [6.07, 6.45) is 0. The predicted octanol–water partition coefficient (Wildman–Crippen LogP) is 3.04. The fourth-order valence-corrected chi connectivity index (χ4v) is 3.52. The molecule has 0 atom stereocenters. The van der Waals surface area contributed by atoms with Gasteiger partial charge in [-0.1, -0.05) is 0 Å². The predicted molar refractivity (Wildman–Crippen MR) is 66.4 cm³/mol. The van der Waals surface area contributed by atoms with E-state index < -0.39 is 5.91 Å².